The van der Waals surface area contributed by atoms with Gasteiger partial charge in [0, 0.05) is 24.7 Å². The van der Waals surface area contributed by atoms with Gasteiger partial charge in [0.15, 0.2) is 0 Å². The summed E-state index contributed by atoms with van der Waals surface area (Å²) in [5.74, 6) is -0.286. The maximum Gasteiger partial charge on any atom is 0.573 e. The first-order valence-electron chi connectivity index (χ1n) is 6.31. The molecule has 110 valence electrons. The number of hydrogen-bond donors (Lipinski definition) is 2. The molecule has 0 saturated heterocycles. The Kier molecular flexibility index (Phi) is 4.36. The molecule has 1 fully saturated rings. The van der Waals surface area contributed by atoms with E-state index in [-0.39, 0.29) is 11.7 Å². The smallest absolute Gasteiger partial charge is 0.406 e. The molecule has 4 nitrogen and oxygen atoms in total. The van der Waals surface area contributed by atoms with Crippen LogP contribution in [0.4, 0.5) is 18.9 Å². The van der Waals surface area contributed by atoms with Crippen LogP contribution in [0.15, 0.2) is 24.3 Å². The van der Waals surface area contributed by atoms with Gasteiger partial charge in [0.2, 0.25) is 5.91 Å². The van der Waals surface area contributed by atoms with Gasteiger partial charge in [0.05, 0.1) is 0 Å². The zero-order valence-electron chi connectivity index (χ0n) is 10.7. The number of alkyl halides is 3. The summed E-state index contributed by atoms with van der Waals surface area (Å²) in [5, 5.41) is 5.81. The van der Waals surface area contributed by atoms with Crippen molar-refractivity contribution in [1.29, 1.82) is 0 Å². The summed E-state index contributed by atoms with van der Waals surface area (Å²) in [7, 11) is 0. The molecule has 1 aliphatic carbocycles. The van der Waals surface area contributed by atoms with Crippen molar-refractivity contribution >= 4 is 11.6 Å². The van der Waals surface area contributed by atoms with Crippen molar-refractivity contribution in [2.45, 2.75) is 31.7 Å². The Morgan fingerprint density at radius 2 is 1.90 bits per heavy atom. The monoisotopic (exact) mass is 288 g/mol. The average molecular weight is 288 g/mol. The van der Waals surface area contributed by atoms with Gasteiger partial charge >= 0.3 is 6.36 Å². The van der Waals surface area contributed by atoms with Crippen molar-refractivity contribution in [3.63, 3.8) is 0 Å². The highest BCUT2D eigenvalue weighted by atomic mass is 19.4. The molecule has 1 aromatic carbocycles. The number of amides is 1. The van der Waals surface area contributed by atoms with Gasteiger partial charge in [-0.05, 0) is 37.1 Å². The van der Waals surface area contributed by atoms with E-state index in [1.54, 1.807) is 0 Å². The van der Waals surface area contributed by atoms with Crippen LogP contribution < -0.4 is 15.4 Å². The van der Waals surface area contributed by atoms with Crippen LogP contribution in [0.25, 0.3) is 0 Å². The molecule has 1 saturated carbocycles. The van der Waals surface area contributed by atoms with Crippen LogP contribution in [-0.4, -0.2) is 24.9 Å². The summed E-state index contributed by atoms with van der Waals surface area (Å²) in [6.07, 6.45) is -2.27. The van der Waals surface area contributed by atoms with Crippen LogP contribution in [0.1, 0.15) is 19.3 Å². The van der Waals surface area contributed by atoms with E-state index in [4.69, 9.17) is 0 Å². The molecule has 0 heterocycles. The van der Waals surface area contributed by atoms with E-state index in [0.717, 1.165) is 12.8 Å². The van der Waals surface area contributed by atoms with E-state index >= 15 is 0 Å². The van der Waals surface area contributed by atoms with E-state index in [0.29, 0.717) is 24.7 Å². The minimum Gasteiger partial charge on any atom is -0.406 e. The third-order valence-electron chi connectivity index (χ3n) is 2.71. The summed E-state index contributed by atoms with van der Waals surface area (Å²) in [4.78, 5) is 11.4. The van der Waals surface area contributed by atoms with Crippen molar-refractivity contribution < 1.29 is 22.7 Å². The van der Waals surface area contributed by atoms with E-state index in [2.05, 4.69) is 15.4 Å². The zero-order valence-corrected chi connectivity index (χ0v) is 10.7. The highest BCUT2D eigenvalue weighted by molar-refractivity contribution is 5.77. The zero-order chi connectivity index (χ0) is 14.6. The fourth-order valence-corrected chi connectivity index (χ4v) is 1.62. The van der Waals surface area contributed by atoms with Gasteiger partial charge < -0.3 is 15.4 Å². The van der Waals surface area contributed by atoms with Gasteiger partial charge in [-0.3, -0.25) is 4.79 Å². The average Bonchev–Trinajstić information content (AvgIpc) is 3.13. The van der Waals surface area contributed by atoms with Crippen molar-refractivity contribution in [3.8, 4) is 5.75 Å². The summed E-state index contributed by atoms with van der Waals surface area (Å²) in [6, 6.07) is 5.72. The number of halogens is 3. The predicted molar refractivity (Wildman–Crippen MR) is 67.4 cm³/mol. The second-order valence-corrected chi connectivity index (χ2v) is 4.59. The van der Waals surface area contributed by atoms with E-state index < -0.39 is 6.36 Å². The Hall–Kier alpha value is -1.92. The maximum absolute atomic E-state index is 12.0. The first kappa shape index (κ1) is 14.5. The third kappa shape index (κ3) is 5.38. The molecule has 1 aliphatic rings. The lowest BCUT2D eigenvalue weighted by atomic mass is 10.3. The lowest BCUT2D eigenvalue weighted by molar-refractivity contribution is -0.274. The minimum absolute atomic E-state index is 0.0166. The van der Waals surface area contributed by atoms with Crippen LogP contribution in [0.5, 0.6) is 5.75 Å². The highest BCUT2D eigenvalue weighted by Gasteiger charge is 2.30. The van der Waals surface area contributed by atoms with Crippen molar-refractivity contribution in [2.24, 2.45) is 0 Å². The van der Waals surface area contributed by atoms with Crippen LogP contribution in [-0.2, 0) is 4.79 Å². The van der Waals surface area contributed by atoms with Gasteiger partial charge in [0.1, 0.15) is 5.75 Å². The number of ether oxygens (including phenoxy) is 1. The van der Waals surface area contributed by atoms with Gasteiger partial charge in [0.25, 0.3) is 0 Å². The number of carbonyl (C=O) groups is 1. The molecule has 20 heavy (non-hydrogen) atoms. The largest absolute Gasteiger partial charge is 0.573 e. The molecule has 2 N–H and O–H groups in total. The van der Waals surface area contributed by atoms with Gasteiger partial charge in [-0.15, -0.1) is 13.2 Å². The molecule has 7 heteroatoms. The molecule has 1 aromatic rings. The standard InChI is InChI=1S/C13H15F3N2O2/c14-13(15,16)20-11-5-3-9(4-6-11)17-8-7-12(19)18-10-1-2-10/h3-6,10,17H,1-2,7-8H2,(H,18,19). The molecule has 0 unspecified atom stereocenters. The molecule has 0 spiro atoms. The molecule has 0 bridgehead atoms. The molecule has 0 aromatic heterocycles. The van der Waals surface area contributed by atoms with Crippen molar-refractivity contribution in [1.82, 2.24) is 5.32 Å². The minimum atomic E-state index is -4.68. The molecule has 0 aliphatic heterocycles. The lowest BCUT2D eigenvalue weighted by Crippen LogP contribution is -2.27. The molecule has 2 rings (SSSR count). The number of nitrogens with one attached hydrogen (secondary N) is 2. The first-order chi connectivity index (χ1) is 9.42. The molecule has 0 atom stereocenters. The molecular formula is C13H15F3N2O2. The normalized spacial score (nSPS) is 14.8. The van der Waals surface area contributed by atoms with E-state index in [1.165, 1.54) is 24.3 Å². The van der Waals surface area contributed by atoms with Crippen LogP contribution >= 0.6 is 0 Å². The Balaban J connectivity index is 1.71. The van der Waals surface area contributed by atoms with Gasteiger partial charge in [-0.25, -0.2) is 0 Å². The fraction of sp³-hybridized carbons (Fsp3) is 0.462. The Bertz CT molecular complexity index is 456. The first-order valence-corrected chi connectivity index (χ1v) is 6.31. The number of carbonyl (C=O) groups excluding carboxylic acids is 1. The number of anilines is 1. The molecule has 1 amide bonds. The molecular weight excluding hydrogens is 273 g/mol. The van der Waals surface area contributed by atoms with Gasteiger partial charge in [-0.2, -0.15) is 0 Å². The topological polar surface area (TPSA) is 50.4 Å². The van der Waals surface area contributed by atoms with Crippen LogP contribution in [0.3, 0.4) is 0 Å². The third-order valence-corrected chi connectivity index (χ3v) is 2.71. The van der Waals surface area contributed by atoms with E-state index in [1.807, 2.05) is 0 Å². The number of hydrogen-bond acceptors (Lipinski definition) is 3. The molecule has 0 radical (unpaired) electrons. The Morgan fingerprint density at radius 1 is 1.25 bits per heavy atom. The fourth-order valence-electron chi connectivity index (χ4n) is 1.62. The Morgan fingerprint density at radius 3 is 2.45 bits per heavy atom. The van der Waals surface area contributed by atoms with Crippen molar-refractivity contribution in [3.05, 3.63) is 24.3 Å². The SMILES string of the molecule is O=C(CCNc1ccc(OC(F)(F)F)cc1)NC1CC1. The second kappa shape index (κ2) is 6.02. The van der Waals surface area contributed by atoms with Crippen LogP contribution in [0, 0.1) is 0 Å². The highest BCUT2D eigenvalue weighted by Crippen LogP contribution is 2.24. The number of rotatable bonds is 6. The Labute approximate surface area is 114 Å². The van der Waals surface area contributed by atoms with E-state index in [9.17, 15) is 18.0 Å². The van der Waals surface area contributed by atoms with Crippen LogP contribution in [0.2, 0.25) is 0 Å². The number of benzene rings is 1. The summed E-state index contributed by atoms with van der Waals surface area (Å²) < 4.78 is 39.6. The quantitative estimate of drug-likeness (QED) is 0.846. The van der Waals surface area contributed by atoms with Gasteiger partial charge in [-0.1, -0.05) is 0 Å². The predicted octanol–water partition coefficient (Wildman–Crippen LogP) is 2.67. The lowest BCUT2D eigenvalue weighted by Gasteiger charge is -2.10. The maximum atomic E-state index is 12.0. The van der Waals surface area contributed by atoms with Crippen molar-refractivity contribution in [2.75, 3.05) is 11.9 Å². The summed E-state index contributed by atoms with van der Waals surface area (Å²) >= 11 is 0. The summed E-state index contributed by atoms with van der Waals surface area (Å²) in [6.45, 7) is 0.429. The second-order valence-electron chi connectivity index (χ2n) is 4.59. The summed E-state index contributed by atoms with van der Waals surface area (Å²) in [5.41, 5.74) is 0.638.